The second-order valence-corrected chi connectivity index (χ2v) is 14.4. The van der Waals surface area contributed by atoms with E-state index in [1.165, 1.54) is 26.5 Å². The highest BCUT2D eigenvalue weighted by Crippen LogP contribution is 2.35. The molecule has 0 saturated heterocycles. The molecular weight excluding hydrogens is 889 g/mol. The first-order chi connectivity index (χ1) is 30.4. The Kier molecular flexibility index (Phi) is 19.3. The van der Waals surface area contributed by atoms with Crippen molar-refractivity contribution in [3.63, 3.8) is 0 Å². The second-order valence-electron chi connectivity index (χ2n) is 12.4. The van der Waals surface area contributed by atoms with Gasteiger partial charge in [0, 0.05) is 6.26 Å². The van der Waals surface area contributed by atoms with E-state index < -0.39 is 67.8 Å². The lowest BCUT2D eigenvalue weighted by atomic mass is 10.1. The van der Waals surface area contributed by atoms with Crippen LogP contribution < -0.4 is 30.7 Å². The number of amides is 2. The van der Waals surface area contributed by atoms with Crippen molar-refractivity contribution in [1.82, 2.24) is 19.9 Å². The molecule has 4 N–H and O–H groups in total. The van der Waals surface area contributed by atoms with Crippen molar-refractivity contribution in [1.29, 1.82) is 0 Å². The van der Waals surface area contributed by atoms with Gasteiger partial charge in [0.2, 0.25) is 28.4 Å². The van der Waals surface area contributed by atoms with E-state index >= 15 is 0 Å². The average molecular weight is 933 g/mol. The molecule has 64 heavy (non-hydrogen) atoms. The molecule has 0 fully saturated rings. The van der Waals surface area contributed by atoms with E-state index in [1.54, 1.807) is 63.4 Å². The van der Waals surface area contributed by atoms with Crippen LogP contribution in [0.3, 0.4) is 0 Å². The summed E-state index contributed by atoms with van der Waals surface area (Å²) in [6, 6.07) is 11.3. The Hall–Kier alpha value is -7.42. The number of rotatable bonds is 18. The average Bonchev–Trinajstić information content (AvgIpc) is 3.25. The highest BCUT2D eigenvalue weighted by atomic mass is 32.2. The van der Waals surface area contributed by atoms with Gasteiger partial charge in [-0.05, 0) is 68.0 Å². The van der Waals surface area contributed by atoms with Crippen molar-refractivity contribution in [3.8, 4) is 11.5 Å². The van der Waals surface area contributed by atoms with Crippen LogP contribution >= 0.6 is 11.8 Å². The largest absolute Gasteiger partial charge is 0.482 e. The summed E-state index contributed by atoms with van der Waals surface area (Å²) in [5.41, 5.74) is 11.9. The molecule has 2 aromatic heterocycles. The van der Waals surface area contributed by atoms with Crippen LogP contribution in [0.4, 0.5) is 44.2 Å². The molecule has 27 heteroatoms. The number of benzene rings is 2. The number of nitrogen functional groups attached to an aromatic ring is 2. The van der Waals surface area contributed by atoms with Gasteiger partial charge in [0.15, 0.2) is 18.4 Å². The monoisotopic (exact) mass is 932 g/mol. The molecule has 2 amide bonds. The van der Waals surface area contributed by atoms with Gasteiger partial charge in [0.25, 0.3) is 0 Å². The lowest BCUT2D eigenvalue weighted by molar-refractivity contribution is -0.383. The zero-order chi connectivity index (χ0) is 47.7. The fourth-order valence-corrected chi connectivity index (χ4v) is 5.99. The Morgan fingerprint density at radius 3 is 1.75 bits per heavy atom. The number of methoxy groups -OCH3 is 2. The molecule has 344 valence electrons. The molecule has 0 aliphatic carbocycles. The van der Waals surface area contributed by atoms with Gasteiger partial charge < -0.3 is 39.9 Å². The maximum atomic E-state index is 12.7. The molecule has 0 bridgehead atoms. The predicted molar refractivity (Wildman–Crippen MR) is 229 cm³/mol. The number of ether oxygens (including phenoxy) is 6. The summed E-state index contributed by atoms with van der Waals surface area (Å²) in [7, 11) is 0.733. The Bertz CT molecular complexity index is 2390. The molecule has 1 atom stereocenters. The number of aromatic nitrogens is 4. The van der Waals surface area contributed by atoms with Crippen LogP contribution in [0.1, 0.15) is 30.5 Å². The van der Waals surface area contributed by atoms with Crippen LogP contribution in [0.5, 0.6) is 11.5 Å². The van der Waals surface area contributed by atoms with Crippen LogP contribution in [-0.2, 0) is 52.4 Å². The molecule has 25 nitrogen and oxygen atoms in total. The highest BCUT2D eigenvalue weighted by molar-refractivity contribution is 7.98. The number of hydrogen-bond donors (Lipinski definition) is 2. The number of nitrogens with two attached hydrogens (primary N) is 2. The van der Waals surface area contributed by atoms with E-state index in [1.807, 2.05) is 0 Å². The van der Waals surface area contributed by atoms with Gasteiger partial charge in [-0.1, -0.05) is 30.0 Å². The molecule has 0 radical (unpaired) electrons. The van der Waals surface area contributed by atoms with E-state index in [2.05, 4.69) is 29.4 Å². The molecule has 4 rings (SSSR count). The summed E-state index contributed by atoms with van der Waals surface area (Å²) in [5.74, 6) is -2.16. The molecule has 0 aliphatic heterocycles. The van der Waals surface area contributed by atoms with Gasteiger partial charge >= 0.3 is 35.5 Å². The molecule has 0 aliphatic rings. The summed E-state index contributed by atoms with van der Waals surface area (Å²) in [6.45, 7) is 3.98. The number of carbonyl (C=O) groups excluding carboxylic acids is 4. The molecule has 2 aromatic carbocycles. The summed E-state index contributed by atoms with van der Waals surface area (Å²) < 4.78 is 41.8. The smallest absolute Gasteiger partial charge is 0.415 e. The van der Waals surface area contributed by atoms with Crippen LogP contribution in [0.25, 0.3) is 0 Å². The van der Waals surface area contributed by atoms with Crippen LogP contribution in [-0.4, -0.2) is 111 Å². The number of esters is 2. The van der Waals surface area contributed by atoms with Gasteiger partial charge in [0.05, 0.1) is 61.2 Å². The van der Waals surface area contributed by atoms with Gasteiger partial charge in [-0.15, -0.1) is 0 Å². The van der Waals surface area contributed by atoms with Crippen molar-refractivity contribution in [2.75, 3.05) is 74.4 Å². The second kappa shape index (κ2) is 24.3. The van der Waals surface area contributed by atoms with Gasteiger partial charge in [-0.25, -0.2) is 19.2 Å². The van der Waals surface area contributed by atoms with Gasteiger partial charge in [0.1, 0.15) is 11.5 Å². The van der Waals surface area contributed by atoms with Crippen LogP contribution in [0.15, 0.2) is 52.8 Å². The Balaban J connectivity index is 0.000000340. The zero-order valence-electron chi connectivity index (χ0n) is 35.5. The number of carbonyl (C=O) groups is 4. The van der Waals surface area contributed by atoms with Gasteiger partial charge in [-0.2, -0.15) is 19.9 Å². The molecular formula is C37H44N10O15S2. The molecule has 1 unspecified atom stereocenters. The third kappa shape index (κ3) is 14.3. The van der Waals surface area contributed by atoms with Crippen molar-refractivity contribution in [2.24, 2.45) is 0 Å². The third-order valence-electron chi connectivity index (χ3n) is 7.90. The van der Waals surface area contributed by atoms with E-state index in [4.69, 9.17) is 30.4 Å². The quantitative estimate of drug-likeness (QED) is 0.0353. The summed E-state index contributed by atoms with van der Waals surface area (Å²) in [6.07, 6.45) is 1.15. The number of hydrogen-bond acceptors (Lipinski definition) is 22. The van der Waals surface area contributed by atoms with Crippen molar-refractivity contribution >= 4 is 81.3 Å². The van der Waals surface area contributed by atoms with Crippen molar-refractivity contribution < 1.29 is 61.7 Å². The van der Waals surface area contributed by atoms with E-state index in [-0.39, 0.29) is 61.5 Å². The van der Waals surface area contributed by atoms with Crippen molar-refractivity contribution in [2.45, 2.75) is 44.2 Å². The molecule has 2 heterocycles. The lowest BCUT2D eigenvalue weighted by Crippen LogP contribution is -2.33. The number of nitrogens with zero attached hydrogens (tertiary/aromatic N) is 8. The predicted octanol–water partition coefficient (Wildman–Crippen LogP) is 4.13. The fraction of sp³-hybridized carbons (Fsp3) is 0.351. The zero-order valence-corrected chi connectivity index (χ0v) is 37.1. The summed E-state index contributed by atoms with van der Waals surface area (Å²) >= 11 is 1.12. The minimum Gasteiger partial charge on any atom is -0.482 e. The van der Waals surface area contributed by atoms with Crippen LogP contribution in [0, 0.1) is 27.2 Å². The standard InChI is InChI=1S/C19H23N5O7S.C18H21N5O8S/c1-5-30-19(26)23(17-15(24(27)28)16(20)21-18(22-17)32-4)9-12-6-11(2)7-13(8-12)31-10-14(25)29-3;1-4-30-18(25)22(9-11-6-5-7-12(8-11)31-10-13(24)29-2)16-14(23(26)27)15(19)20-17(21-16)32(3)28/h6-8H,5,9-10H2,1-4H3,(H2,20,21,22);5-8H,4,9-10H2,1-3H3,(H2,19,20,21). The molecule has 4 aromatic rings. The highest BCUT2D eigenvalue weighted by Gasteiger charge is 2.34. The summed E-state index contributed by atoms with van der Waals surface area (Å²) in [5, 5.41) is 23.2. The molecule has 0 saturated carbocycles. The Labute approximate surface area is 371 Å². The normalized spacial score (nSPS) is 10.9. The van der Waals surface area contributed by atoms with Crippen molar-refractivity contribution in [3.05, 3.63) is 79.4 Å². The first-order valence-corrected chi connectivity index (χ1v) is 21.1. The Morgan fingerprint density at radius 1 is 0.750 bits per heavy atom. The fourth-order valence-electron chi connectivity index (χ4n) is 5.18. The lowest BCUT2D eigenvalue weighted by Gasteiger charge is -2.22. The minimum atomic E-state index is -1.73. The number of anilines is 4. The van der Waals surface area contributed by atoms with Gasteiger partial charge in [-0.3, -0.25) is 34.2 Å². The van der Waals surface area contributed by atoms with Crippen LogP contribution in [0.2, 0.25) is 0 Å². The first kappa shape index (κ1) is 50.9. The minimum absolute atomic E-state index is 0.0153. The van der Waals surface area contributed by atoms with E-state index in [0.29, 0.717) is 22.6 Å². The molecule has 0 spiro atoms. The summed E-state index contributed by atoms with van der Waals surface area (Å²) in [4.78, 5) is 87.3. The number of nitro groups is 2. The van der Waals surface area contributed by atoms with E-state index in [0.717, 1.165) is 27.1 Å². The third-order valence-corrected chi connectivity index (χ3v) is 9.14. The SMILES string of the molecule is CCOC(=O)N(Cc1cc(C)cc(OCC(=O)OC)c1)c1nc(SC)nc(N)c1[N+](=O)[O-].CCOC(=O)N(Cc1cccc(OCC(=O)OC)c1)c1nc(S(C)=O)nc(N)c1[N+](=O)[O-]. The van der Waals surface area contributed by atoms with E-state index in [9.17, 15) is 43.6 Å². The first-order valence-electron chi connectivity index (χ1n) is 18.4. The maximum Gasteiger partial charge on any atom is 0.415 e. The topological polar surface area (TPSA) is 337 Å². The maximum absolute atomic E-state index is 12.7. The number of aryl methyl sites for hydroxylation is 1. The Morgan fingerprint density at radius 2 is 1.25 bits per heavy atom. The number of thioether (sulfide) groups is 1.